The van der Waals surface area contributed by atoms with Gasteiger partial charge in [0.15, 0.2) is 0 Å². The van der Waals surface area contributed by atoms with Crippen LogP contribution < -0.4 is 5.73 Å². The Hall–Kier alpha value is -0.650. The molecule has 0 aromatic carbocycles. The van der Waals surface area contributed by atoms with Crippen molar-refractivity contribution in [1.82, 2.24) is 0 Å². The smallest absolute Gasteiger partial charge is 0.324 e. The summed E-state index contributed by atoms with van der Waals surface area (Å²) in [6.07, 6.45) is 4.80. The molecule has 6 heteroatoms. The van der Waals surface area contributed by atoms with Gasteiger partial charge in [-0.2, -0.15) is 0 Å². The van der Waals surface area contributed by atoms with Gasteiger partial charge >= 0.3 is 5.00 Å². The van der Waals surface area contributed by atoms with Crippen LogP contribution in [0.4, 0.5) is 5.00 Å². The molecule has 1 fully saturated rings. The fraction of sp³-hybridized carbons (Fsp3) is 0.600. The Bertz CT molecular complexity index is 363. The van der Waals surface area contributed by atoms with E-state index in [1.165, 1.54) is 24.2 Å². The first kappa shape index (κ1) is 13.4. The lowest BCUT2D eigenvalue weighted by Crippen LogP contribution is -2.18. The second-order valence-electron chi connectivity index (χ2n) is 4.05. The van der Waals surface area contributed by atoms with Crippen LogP contribution in [0.3, 0.4) is 0 Å². The third-order valence-corrected chi connectivity index (χ3v) is 3.98. The molecule has 1 aliphatic rings. The summed E-state index contributed by atoms with van der Waals surface area (Å²) in [6.45, 7) is 0. The van der Waals surface area contributed by atoms with E-state index in [4.69, 9.17) is 5.73 Å². The third kappa shape index (κ3) is 2.72. The van der Waals surface area contributed by atoms with E-state index in [9.17, 15) is 10.1 Å². The van der Waals surface area contributed by atoms with E-state index in [0.29, 0.717) is 5.92 Å². The SMILES string of the molecule is Cl.N[C@@H](c1csc([N+](=O)[O-])c1)C1CCCC1. The molecule has 2 N–H and O–H groups in total. The van der Waals surface area contributed by atoms with Crippen molar-refractivity contribution in [1.29, 1.82) is 0 Å². The van der Waals surface area contributed by atoms with E-state index in [0.717, 1.165) is 18.4 Å². The largest absolute Gasteiger partial charge is 0.324 e. The zero-order valence-corrected chi connectivity index (χ0v) is 10.4. The van der Waals surface area contributed by atoms with Crippen LogP contribution in [0, 0.1) is 16.0 Å². The molecule has 0 amide bonds. The Morgan fingerprint density at radius 3 is 2.62 bits per heavy atom. The quantitative estimate of drug-likeness (QED) is 0.671. The molecular weight excluding hydrogens is 248 g/mol. The van der Waals surface area contributed by atoms with Crippen LogP contribution in [0.2, 0.25) is 0 Å². The summed E-state index contributed by atoms with van der Waals surface area (Å²) < 4.78 is 0. The fourth-order valence-corrected chi connectivity index (χ4v) is 2.97. The zero-order chi connectivity index (χ0) is 10.8. The predicted octanol–water partition coefficient (Wildman–Crippen LogP) is 3.27. The highest BCUT2D eigenvalue weighted by molar-refractivity contribution is 7.13. The van der Waals surface area contributed by atoms with Crippen molar-refractivity contribution in [3.8, 4) is 0 Å². The molecule has 0 unspecified atom stereocenters. The lowest BCUT2D eigenvalue weighted by atomic mass is 9.94. The molecule has 4 nitrogen and oxygen atoms in total. The number of halogens is 1. The van der Waals surface area contributed by atoms with E-state index < -0.39 is 0 Å². The first-order chi connectivity index (χ1) is 7.18. The monoisotopic (exact) mass is 262 g/mol. The van der Waals surface area contributed by atoms with Gasteiger partial charge in [-0.05, 0) is 24.3 Å². The molecule has 0 radical (unpaired) electrons. The fourth-order valence-electron chi connectivity index (χ4n) is 2.20. The average molecular weight is 263 g/mol. The van der Waals surface area contributed by atoms with Gasteiger partial charge in [-0.1, -0.05) is 24.2 Å². The van der Waals surface area contributed by atoms with Crippen LogP contribution in [0.25, 0.3) is 0 Å². The summed E-state index contributed by atoms with van der Waals surface area (Å²) in [5.41, 5.74) is 7.03. The van der Waals surface area contributed by atoms with Gasteiger partial charge in [-0.25, -0.2) is 0 Å². The molecule has 1 saturated carbocycles. The Labute approximate surface area is 104 Å². The molecule has 0 spiro atoms. The second kappa shape index (κ2) is 5.61. The van der Waals surface area contributed by atoms with Crippen molar-refractivity contribution in [2.75, 3.05) is 0 Å². The van der Waals surface area contributed by atoms with Gasteiger partial charge in [0, 0.05) is 17.5 Å². The molecule has 1 aliphatic carbocycles. The topological polar surface area (TPSA) is 69.2 Å². The average Bonchev–Trinajstić information content (AvgIpc) is 2.88. The molecule has 2 rings (SSSR count). The number of nitrogens with two attached hydrogens (primary N) is 1. The zero-order valence-electron chi connectivity index (χ0n) is 8.80. The third-order valence-electron chi connectivity index (χ3n) is 3.08. The number of rotatable bonds is 3. The number of hydrogen-bond acceptors (Lipinski definition) is 4. The molecule has 16 heavy (non-hydrogen) atoms. The van der Waals surface area contributed by atoms with Crippen molar-refractivity contribution in [3.63, 3.8) is 0 Å². The molecule has 0 saturated heterocycles. The van der Waals surface area contributed by atoms with Crippen molar-refractivity contribution in [2.45, 2.75) is 31.7 Å². The second-order valence-corrected chi connectivity index (χ2v) is 4.94. The van der Waals surface area contributed by atoms with Crippen LogP contribution in [0.15, 0.2) is 11.4 Å². The van der Waals surface area contributed by atoms with Crippen LogP contribution >= 0.6 is 23.7 Å². The summed E-state index contributed by atoms with van der Waals surface area (Å²) in [6, 6.07) is 1.60. The highest BCUT2D eigenvalue weighted by Crippen LogP contribution is 2.36. The Balaban J connectivity index is 0.00000128. The van der Waals surface area contributed by atoms with Gasteiger partial charge in [0.25, 0.3) is 0 Å². The molecule has 1 aromatic heterocycles. The van der Waals surface area contributed by atoms with E-state index in [2.05, 4.69) is 0 Å². The maximum absolute atomic E-state index is 10.5. The predicted molar refractivity (Wildman–Crippen MR) is 67.1 cm³/mol. The van der Waals surface area contributed by atoms with Gasteiger partial charge in [0.05, 0.1) is 4.92 Å². The Morgan fingerprint density at radius 1 is 1.50 bits per heavy atom. The standard InChI is InChI=1S/C10H14N2O2S.ClH/c11-10(7-3-1-2-4-7)8-5-9(12(13)14)15-6-8;/h5-7,10H,1-4,11H2;1H/t10-;/m1./s1. The van der Waals surface area contributed by atoms with E-state index >= 15 is 0 Å². The van der Waals surface area contributed by atoms with E-state index in [1.54, 1.807) is 6.07 Å². The van der Waals surface area contributed by atoms with E-state index in [-0.39, 0.29) is 28.4 Å². The minimum atomic E-state index is -0.352. The van der Waals surface area contributed by atoms with Gasteiger partial charge in [0.1, 0.15) is 0 Å². The summed E-state index contributed by atoms with van der Waals surface area (Å²) in [5, 5.41) is 12.5. The first-order valence-corrected chi connectivity index (χ1v) is 6.05. The van der Waals surface area contributed by atoms with Gasteiger partial charge in [-0.15, -0.1) is 12.4 Å². The maximum Gasteiger partial charge on any atom is 0.324 e. The Morgan fingerprint density at radius 2 is 2.12 bits per heavy atom. The maximum atomic E-state index is 10.5. The molecule has 1 atom stereocenters. The number of nitrogens with zero attached hydrogens (tertiary/aromatic N) is 1. The minimum absolute atomic E-state index is 0. The van der Waals surface area contributed by atoms with Crippen molar-refractivity contribution in [2.24, 2.45) is 11.7 Å². The molecule has 0 bridgehead atoms. The highest BCUT2D eigenvalue weighted by Gasteiger charge is 2.25. The summed E-state index contributed by atoms with van der Waals surface area (Å²) in [7, 11) is 0. The van der Waals surface area contributed by atoms with Crippen LogP contribution in [-0.2, 0) is 0 Å². The Kier molecular flexibility index (Phi) is 4.70. The van der Waals surface area contributed by atoms with Gasteiger partial charge < -0.3 is 5.73 Å². The molecule has 1 heterocycles. The summed E-state index contributed by atoms with van der Waals surface area (Å²) in [4.78, 5) is 10.2. The molecule has 0 aliphatic heterocycles. The van der Waals surface area contributed by atoms with Crippen LogP contribution in [0.1, 0.15) is 37.3 Å². The van der Waals surface area contributed by atoms with Gasteiger partial charge in [0.2, 0.25) is 0 Å². The number of hydrogen-bond donors (Lipinski definition) is 1. The van der Waals surface area contributed by atoms with Gasteiger partial charge in [-0.3, -0.25) is 10.1 Å². The minimum Gasteiger partial charge on any atom is -0.324 e. The number of nitro groups is 1. The van der Waals surface area contributed by atoms with Crippen molar-refractivity contribution < 1.29 is 4.92 Å². The van der Waals surface area contributed by atoms with Crippen LogP contribution in [-0.4, -0.2) is 4.92 Å². The molecular formula is C10H15ClN2O2S. The molecule has 90 valence electrons. The van der Waals surface area contributed by atoms with Crippen molar-refractivity contribution in [3.05, 3.63) is 27.1 Å². The summed E-state index contributed by atoms with van der Waals surface area (Å²) >= 11 is 1.17. The van der Waals surface area contributed by atoms with Crippen LogP contribution in [0.5, 0.6) is 0 Å². The summed E-state index contributed by atoms with van der Waals surface area (Å²) in [5.74, 6) is 0.513. The normalized spacial score (nSPS) is 18.1. The molecule has 1 aromatic rings. The van der Waals surface area contributed by atoms with E-state index in [1.807, 2.05) is 5.38 Å². The lowest BCUT2D eigenvalue weighted by molar-refractivity contribution is -0.380. The number of thiophene rings is 1. The first-order valence-electron chi connectivity index (χ1n) is 5.17. The highest BCUT2D eigenvalue weighted by atomic mass is 35.5. The lowest BCUT2D eigenvalue weighted by Gasteiger charge is -2.16. The van der Waals surface area contributed by atoms with Crippen molar-refractivity contribution >= 4 is 28.7 Å².